The zero-order valence-corrected chi connectivity index (χ0v) is 19.8. The lowest BCUT2D eigenvalue weighted by Gasteiger charge is -2.09. The smallest absolute Gasteiger partial charge is 0.192 e. The topological polar surface area (TPSA) is 79.0 Å². The average molecular weight is 473 g/mol. The van der Waals surface area contributed by atoms with E-state index in [1.807, 2.05) is 79.1 Å². The number of aromatic nitrogens is 4. The third-order valence-electron chi connectivity index (χ3n) is 5.74. The highest BCUT2D eigenvalue weighted by Gasteiger charge is 2.20. The Morgan fingerprint density at radius 3 is 2.21 bits per heavy atom. The largest absolute Gasteiger partial charge is 0.467 e. The van der Waals surface area contributed by atoms with E-state index in [2.05, 4.69) is 14.8 Å². The molecule has 5 aromatic rings. The Bertz CT molecular complexity index is 1380. The molecule has 0 spiro atoms. The van der Waals surface area contributed by atoms with E-state index in [9.17, 15) is 4.79 Å². The van der Waals surface area contributed by atoms with Crippen LogP contribution in [0.4, 0.5) is 0 Å². The molecule has 0 saturated heterocycles. The highest BCUT2D eigenvalue weighted by molar-refractivity contribution is 7.99. The van der Waals surface area contributed by atoms with Gasteiger partial charge >= 0.3 is 0 Å². The molecule has 0 saturated carbocycles. The maximum absolute atomic E-state index is 13.2. The molecule has 34 heavy (non-hydrogen) atoms. The number of thioether (sulfide) groups is 1. The highest BCUT2D eigenvalue weighted by Crippen LogP contribution is 2.27. The van der Waals surface area contributed by atoms with Crippen molar-refractivity contribution < 1.29 is 13.6 Å². The standard InChI is InChI=1S/C26H24N4O3S/c1-18-14-23(19(2)29(18)15-21-10-6-12-32-21)24(31)17-34-26-28-27-25(20-8-4-3-5-9-20)30(26)16-22-11-7-13-33-22/h3-14H,15-17H2,1-2H3. The Hall–Kier alpha value is -3.78. The van der Waals surface area contributed by atoms with Crippen LogP contribution in [0, 0.1) is 13.8 Å². The van der Waals surface area contributed by atoms with Gasteiger partial charge in [-0.3, -0.25) is 9.36 Å². The zero-order chi connectivity index (χ0) is 23.5. The Labute approximate surface area is 201 Å². The van der Waals surface area contributed by atoms with Crippen molar-refractivity contribution in [1.82, 2.24) is 19.3 Å². The Morgan fingerprint density at radius 1 is 0.882 bits per heavy atom. The van der Waals surface area contributed by atoms with Crippen LogP contribution in [0.3, 0.4) is 0 Å². The Morgan fingerprint density at radius 2 is 1.56 bits per heavy atom. The van der Waals surface area contributed by atoms with E-state index < -0.39 is 0 Å². The minimum atomic E-state index is 0.0533. The second-order valence-electron chi connectivity index (χ2n) is 8.00. The summed E-state index contributed by atoms with van der Waals surface area (Å²) >= 11 is 1.39. The van der Waals surface area contributed by atoms with Gasteiger partial charge in [0.15, 0.2) is 16.8 Å². The fourth-order valence-corrected chi connectivity index (χ4v) is 4.81. The van der Waals surface area contributed by atoms with Gasteiger partial charge in [-0.15, -0.1) is 10.2 Å². The van der Waals surface area contributed by atoms with E-state index in [1.54, 1.807) is 12.5 Å². The molecule has 0 aliphatic heterocycles. The third kappa shape index (κ3) is 4.49. The van der Waals surface area contributed by atoms with Gasteiger partial charge in [0.05, 0.1) is 31.4 Å². The van der Waals surface area contributed by atoms with E-state index in [1.165, 1.54) is 11.8 Å². The van der Waals surface area contributed by atoms with Gasteiger partial charge in [0, 0.05) is 22.5 Å². The van der Waals surface area contributed by atoms with Gasteiger partial charge in [-0.2, -0.15) is 0 Å². The molecule has 0 atom stereocenters. The Kier molecular flexibility index (Phi) is 6.22. The van der Waals surface area contributed by atoms with E-state index >= 15 is 0 Å². The molecule has 5 rings (SSSR count). The molecule has 0 amide bonds. The van der Waals surface area contributed by atoms with Crippen molar-refractivity contribution in [3.8, 4) is 11.4 Å². The van der Waals surface area contributed by atoms with Crippen molar-refractivity contribution in [3.63, 3.8) is 0 Å². The third-order valence-corrected chi connectivity index (χ3v) is 6.71. The molecule has 0 bridgehead atoms. The van der Waals surface area contributed by atoms with Crippen molar-refractivity contribution in [1.29, 1.82) is 0 Å². The van der Waals surface area contributed by atoms with Gasteiger partial charge in [0.1, 0.15) is 11.5 Å². The summed E-state index contributed by atoms with van der Waals surface area (Å²) < 4.78 is 15.1. The number of hydrogen-bond donors (Lipinski definition) is 0. The normalized spacial score (nSPS) is 11.2. The van der Waals surface area contributed by atoms with Gasteiger partial charge in [-0.1, -0.05) is 42.1 Å². The second kappa shape index (κ2) is 9.61. The van der Waals surface area contributed by atoms with E-state index in [-0.39, 0.29) is 11.5 Å². The van der Waals surface area contributed by atoms with Crippen LogP contribution in [0.2, 0.25) is 0 Å². The number of carbonyl (C=O) groups is 1. The molecule has 0 radical (unpaired) electrons. The number of ketones is 1. The lowest BCUT2D eigenvalue weighted by molar-refractivity contribution is 0.102. The van der Waals surface area contributed by atoms with E-state index in [0.29, 0.717) is 18.2 Å². The molecule has 0 fully saturated rings. The van der Waals surface area contributed by atoms with Crippen molar-refractivity contribution in [2.45, 2.75) is 32.1 Å². The van der Waals surface area contributed by atoms with Gasteiger partial charge in [0.2, 0.25) is 0 Å². The van der Waals surface area contributed by atoms with Gasteiger partial charge in [-0.25, -0.2) is 0 Å². The first-order chi connectivity index (χ1) is 16.6. The first-order valence-corrected chi connectivity index (χ1v) is 11.9. The number of carbonyl (C=O) groups excluding carboxylic acids is 1. The summed E-state index contributed by atoms with van der Waals surface area (Å²) in [5, 5.41) is 9.49. The van der Waals surface area contributed by atoms with Crippen LogP contribution >= 0.6 is 11.8 Å². The number of hydrogen-bond acceptors (Lipinski definition) is 6. The van der Waals surface area contributed by atoms with Crippen molar-refractivity contribution in [2.75, 3.05) is 5.75 Å². The summed E-state index contributed by atoms with van der Waals surface area (Å²) in [5.41, 5.74) is 3.63. The highest BCUT2D eigenvalue weighted by atomic mass is 32.2. The maximum atomic E-state index is 13.2. The van der Waals surface area contributed by atoms with Crippen LogP contribution in [0.15, 0.2) is 87.2 Å². The number of benzene rings is 1. The fourth-order valence-electron chi connectivity index (χ4n) is 3.99. The summed E-state index contributed by atoms with van der Waals surface area (Å²) in [5.74, 6) is 2.71. The van der Waals surface area contributed by atoms with Crippen LogP contribution in [-0.2, 0) is 13.1 Å². The minimum Gasteiger partial charge on any atom is -0.467 e. The van der Waals surface area contributed by atoms with Crippen LogP contribution in [0.5, 0.6) is 0 Å². The van der Waals surface area contributed by atoms with Gasteiger partial charge < -0.3 is 13.4 Å². The molecular formula is C26H24N4O3S. The van der Waals surface area contributed by atoms with Crippen molar-refractivity contribution in [2.24, 2.45) is 0 Å². The molecule has 0 N–H and O–H groups in total. The second-order valence-corrected chi connectivity index (χ2v) is 8.94. The molecule has 4 heterocycles. The molecule has 7 nitrogen and oxygen atoms in total. The quantitative estimate of drug-likeness (QED) is 0.205. The molecule has 0 unspecified atom stereocenters. The number of Topliss-reactive ketones (excluding diaryl/α,β-unsaturated/α-hetero) is 1. The predicted molar refractivity (Wildman–Crippen MR) is 130 cm³/mol. The average Bonchev–Trinajstić information content (AvgIpc) is 3.65. The molecule has 8 heteroatoms. The van der Waals surface area contributed by atoms with Gasteiger partial charge in [0.25, 0.3) is 0 Å². The molecule has 0 aliphatic rings. The van der Waals surface area contributed by atoms with Crippen LogP contribution in [-0.4, -0.2) is 30.9 Å². The lowest BCUT2D eigenvalue weighted by Crippen LogP contribution is -2.09. The number of nitrogens with zero attached hydrogens (tertiary/aromatic N) is 4. The number of aryl methyl sites for hydroxylation is 1. The van der Waals surface area contributed by atoms with E-state index in [0.717, 1.165) is 39.9 Å². The van der Waals surface area contributed by atoms with Crippen molar-refractivity contribution in [3.05, 3.63) is 102 Å². The monoisotopic (exact) mass is 472 g/mol. The minimum absolute atomic E-state index is 0.0533. The maximum Gasteiger partial charge on any atom is 0.192 e. The van der Waals surface area contributed by atoms with Crippen LogP contribution < -0.4 is 0 Å². The number of rotatable bonds is 9. The fraction of sp³-hybridized carbons (Fsp3) is 0.192. The molecule has 4 aromatic heterocycles. The summed E-state index contributed by atoms with van der Waals surface area (Å²) in [6.07, 6.45) is 3.31. The molecular weight excluding hydrogens is 448 g/mol. The van der Waals surface area contributed by atoms with Crippen LogP contribution in [0.1, 0.15) is 33.3 Å². The van der Waals surface area contributed by atoms with Gasteiger partial charge in [-0.05, 0) is 44.2 Å². The van der Waals surface area contributed by atoms with Crippen molar-refractivity contribution >= 4 is 17.5 Å². The van der Waals surface area contributed by atoms with Crippen LogP contribution in [0.25, 0.3) is 11.4 Å². The summed E-state index contributed by atoms with van der Waals surface area (Å²) in [4.78, 5) is 13.2. The first-order valence-electron chi connectivity index (χ1n) is 11.0. The summed E-state index contributed by atoms with van der Waals surface area (Å²) in [7, 11) is 0. The Balaban J connectivity index is 1.37. The SMILES string of the molecule is Cc1cc(C(=O)CSc2nnc(-c3ccccc3)n2Cc2ccco2)c(C)n1Cc1ccco1. The summed E-state index contributed by atoms with van der Waals surface area (Å²) in [6, 6.07) is 19.4. The first kappa shape index (κ1) is 22.0. The van der Waals surface area contributed by atoms with E-state index in [4.69, 9.17) is 8.83 Å². The number of furan rings is 2. The lowest BCUT2D eigenvalue weighted by atomic mass is 10.2. The summed E-state index contributed by atoms with van der Waals surface area (Å²) in [6.45, 7) is 5.06. The zero-order valence-electron chi connectivity index (χ0n) is 19.0. The predicted octanol–water partition coefficient (Wildman–Crippen LogP) is 5.62. The molecule has 172 valence electrons. The molecule has 0 aliphatic carbocycles. The molecule has 1 aromatic carbocycles.